The highest BCUT2D eigenvalue weighted by Crippen LogP contribution is 2.25. The number of ether oxygens (including phenoxy) is 1. The standard InChI is InChI=1S/C15H19ClN4O/c1-11-2-5-14(16)15(8-11)21-7-6-20-10-13(18-19-20)9-17-12-3-4-12/h2,5,8,10,12,17H,3-4,6-7,9H2,1H3. The lowest BCUT2D eigenvalue weighted by Gasteiger charge is -2.08. The number of aromatic nitrogens is 3. The molecule has 0 unspecified atom stereocenters. The Hall–Kier alpha value is -1.59. The zero-order valence-corrected chi connectivity index (χ0v) is 12.8. The molecule has 0 saturated heterocycles. The summed E-state index contributed by atoms with van der Waals surface area (Å²) in [7, 11) is 0. The molecule has 1 aliphatic rings. The lowest BCUT2D eigenvalue weighted by atomic mass is 10.2. The van der Waals surface area contributed by atoms with Gasteiger partial charge in [0.2, 0.25) is 0 Å². The number of aryl methyl sites for hydroxylation is 1. The first kappa shape index (κ1) is 14.4. The zero-order chi connectivity index (χ0) is 14.7. The second kappa shape index (κ2) is 6.45. The summed E-state index contributed by atoms with van der Waals surface area (Å²) in [5.74, 6) is 0.715. The number of benzene rings is 1. The Labute approximate surface area is 129 Å². The second-order valence-electron chi connectivity index (χ2n) is 5.41. The average molecular weight is 307 g/mol. The summed E-state index contributed by atoms with van der Waals surface area (Å²) in [4.78, 5) is 0. The van der Waals surface area contributed by atoms with Gasteiger partial charge >= 0.3 is 0 Å². The van der Waals surface area contributed by atoms with Crippen LogP contribution in [0.15, 0.2) is 24.4 Å². The fourth-order valence-electron chi connectivity index (χ4n) is 2.04. The molecule has 1 fully saturated rings. The molecule has 1 heterocycles. The number of halogens is 1. The first-order valence-electron chi connectivity index (χ1n) is 7.22. The van der Waals surface area contributed by atoms with Gasteiger partial charge < -0.3 is 10.1 Å². The highest BCUT2D eigenvalue weighted by molar-refractivity contribution is 6.32. The van der Waals surface area contributed by atoms with Crippen LogP contribution in [0.4, 0.5) is 0 Å². The summed E-state index contributed by atoms with van der Waals surface area (Å²) < 4.78 is 7.50. The molecule has 1 saturated carbocycles. The van der Waals surface area contributed by atoms with Crippen molar-refractivity contribution < 1.29 is 4.74 Å². The van der Waals surface area contributed by atoms with Gasteiger partial charge in [0.1, 0.15) is 12.4 Å². The second-order valence-corrected chi connectivity index (χ2v) is 5.82. The van der Waals surface area contributed by atoms with Crippen molar-refractivity contribution in [2.45, 2.75) is 38.9 Å². The lowest BCUT2D eigenvalue weighted by molar-refractivity contribution is 0.289. The van der Waals surface area contributed by atoms with Crippen LogP contribution >= 0.6 is 11.6 Å². The number of nitrogens with zero attached hydrogens (tertiary/aromatic N) is 3. The summed E-state index contributed by atoms with van der Waals surface area (Å²) >= 11 is 6.09. The minimum absolute atomic E-state index is 0.516. The Morgan fingerprint density at radius 1 is 1.43 bits per heavy atom. The summed E-state index contributed by atoms with van der Waals surface area (Å²) in [6.07, 6.45) is 4.51. The lowest BCUT2D eigenvalue weighted by Crippen LogP contribution is -2.15. The molecule has 1 aromatic heterocycles. The predicted molar refractivity (Wildman–Crippen MR) is 81.6 cm³/mol. The Kier molecular flexibility index (Phi) is 4.41. The predicted octanol–water partition coefficient (Wildman–Crippen LogP) is 2.57. The van der Waals surface area contributed by atoms with Gasteiger partial charge in [0.05, 0.1) is 17.3 Å². The summed E-state index contributed by atoms with van der Waals surface area (Å²) in [5.41, 5.74) is 2.10. The van der Waals surface area contributed by atoms with E-state index in [1.165, 1.54) is 12.8 Å². The Morgan fingerprint density at radius 2 is 2.29 bits per heavy atom. The molecule has 21 heavy (non-hydrogen) atoms. The molecular weight excluding hydrogens is 288 g/mol. The Balaban J connectivity index is 1.47. The van der Waals surface area contributed by atoms with Crippen molar-refractivity contribution >= 4 is 11.6 Å². The van der Waals surface area contributed by atoms with E-state index in [9.17, 15) is 0 Å². The highest BCUT2D eigenvalue weighted by Gasteiger charge is 2.20. The SMILES string of the molecule is Cc1ccc(Cl)c(OCCn2cc(CNC3CC3)nn2)c1. The van der Waals surface area contributed by atoms with E-state index < -0.39 is 0 Å². The van der Waals surface area contributed by atoms with Gasteiger partial charge in [-0.2, -0.15) is 0 Å². The number of rotatable bonds is 7. The van der Waals surface area contributed by atoms with Crippen molar-refractivity contribution in [3.63, 3.8) is 0 Å². The van der Waals surface area contributed by atoms with E-state index in [0.29, 0.717) is 30.0 Å². The molecule has 0 amide bonds. The third-order valence-corrected chi connectivity index (χ3v) is 3.71. The molecule has 1 aliphatic carbocycles. The number of hydrogen-bond acceptors (Lipinski definition) is 4. The third-order valence-electron chi connectivity index (χ3n) is 3.40. The molecule has 112 valence electrons. The Morgan fingerprint density at radius 3 is 3.10 bits per heavy atom. The van der Waals surface area contributed by atoms with Gasteiger partial charge in [0.25, 0.3) is 0 Å². The molecule has 2 aromatic rings. The average Bonchev–Trinajstić information content (AvgIpc) is 3.20. The van der Waals surface area contributed by atoms with Crippen LogP contribution in [-0.4, -0.2) is 27.6 Å². The maximum Gasteiger partial charge on any atom is 0.138 e. The van der Waals surface area contributed by atoms with Crippen molar-refractivity contribution in [2.75, 3.05) is 6.61 Å². The van der Waals surface area contributed by atoms with Crippen LogP contribution in [0.25, 0.3) is 0 Å². The van der Waals surface area contributed by atoms with Crippen LogP contribution in [0.5, 0.6) is 5.75 Å². The summed E-state index contributed by atoms with van der Waals surface area (Å²) in [6, 6.07) is 6.44. The van der Waals surface area contributed by atoms with Crippen LogP contribution in [0.1, 0.15) is 24.1 Å². The first-order valence-corrected chi connectivity index (χ1v) is 7.60. The largest absolute Gasteiger partial charge is 0.490 e. The van der Waals surface area contributed by atoms with E-state index in [-0.39, 0.29) is 0 Å². The van der Waals surface area contributed by atoms with Crippen molar-refractivity contribution in [3.8, 4) is 5.75 Å². The molecule has 6 heteroatoms. The van der Waals surface area contributed by atoms with E-state index in [1.807, 2.05) is 31.3 Å². The molecular formula is C15H19ClN4O. The van der Waals surface area contributed by atoms with Gasteiger partial charge in [-0.15, -0.1) is 5.10 Å². The van der Waals surface area contributed by atoms with Crippen molar-refractivity contribution in [1.29, 1.82) is 0 Å². The molecule has 0 aliphatic heterocycles. The van der Waals surface area contributed by atoms with Crippen molar-refractivity contribution in [3.05, 3.63) is 40.7 Å². The highest BCUT2D eigenvalue weighted by atomic mass is 35.5. The summed E-state index contributed by atoms with van der Waals surface area (Å²) in [6.45, 7) is 3.97. The monoisotopic (exact) mass is 306 g/mol. The van der Waals surface area contributed by atoms with Gasteiger partial charge in [-0.1, -0.05) is 22.9 Å². The minimum Gasteiger partial charge on any atom is -0.490 e. The molecule has 0 bridgehead atoms. The van der Waals surface area contributed by atoms with Crippen molar-refractivity contribution in [2.24, 2.45) is 0 Å². The summed E-state index contributed by atoms with van der Waals surface area (Å²) in [5, 5.41) is 12.3. The molecule has 0 radical (unpaired) electrons. The van der Waals surface area contributed by atoms with E-state index in [1.54, 1.807) is 4.68 Å². The van der Waals surface area contributed by atoms with E-state index in [4.69, 9.17) is 16.3 Å². The van der Waals surface area contributed by atoms with Crippen LogP contribution in [0, 0.1) is 6.92 Å². The molecule has 5 nitrogen and oxygen atoms in total. The fourth-order valence-corrected chi connectivity index (χ4v) is 2.21. The van der Waals surface area contributed by atoms with Gasteiger partial charge in [-0.25, -0.2) is 4.68 Å². The fraction of sp³-hybridized carbons (Fsp3) is 0.467. The van der Waals surface area contributed by atoms with Gasteiger partial charge in [0, 0.05) is 18.8 Å². The quantitative estimate of drug-likeness (QED) is 0.854. The van der Waals surface area contributed by atoms with E-state index >= 15 is 0 Å². The smallest absolute Gasteiger partial charge is 0.138 e. The zero-order valence-electron chi connectivity index (χ0n) is 12.1. The van der Waals surface area contributed by atoms with Crippen molar-refractivity contribution in [1.82, 2.24) is 20.3 Å². The van der Waals surface area contributed by atoms with Crippen LogP contribution in [-0.2, 0) is 13.1 Å². The third kappa shape index (κ3) is 4.19. The Bertz CT molecular complexity index is 609. The van der Waals surface area contributed by atoms with Crippen LogP contribution < -0.4 is 10.1 Å². The molecule has 3 rings (SSSR count). The molecule has 1 N–H and O–H groups in total. The maximum absolute atomic E-state index is 6.09. The number of nitrogens with one attached hydrogen (secondary N) is 1. The van der Waals surface area contributed by atoms with Gasteiger partial charge in [0.15, 0.2) is 0 Å². The van der Waals surface area contributed by atoms with Gasteiger partial charge in [-0.3, -0.25) is 0 Å². The minimum atomic E-state index is 0.516. The van der Waals surface area contributed by atoms with Crippen LogP contribution in [0.3, 0.4) is 0 Å². The van der Waals surface area contributed by atoms with Crippen LogP contribution in [0.2, 0.25) is 5.02 Å². The topological polar surface area (TPSA) is 52.0 Å². The molecule has 0 atom stereocenters. The first-order chi connectivity index (χ1) is 10.2. The molecule has 1 aromatic carbocycles. The normalized spacial score (nSPS) is 14.4. The maximum atomic E-state index is 6.09. The van der Waals surface area contributed by atoms with E-state index in [2.05, 4.69) is 15.6 Å². The van der Waals surface area contributed by atoms with E-state index in [0.717, 1.165) is 17.8 Å². The molecule has 0 spiro atoms. The number of hydrogen-bond donors (Lipinski definition) is 1. The van der Waals surface area contributed by atoms with Gasteiger partial charge in [-0.05, 0) is 37.5 Å².